The number of anilines is 2. The first-order valence-electron chi connectivity index (χ1n) is 13.4. The van der Waals surface area contributed by atoms with Gasteiger partial charge in [-0.1, -0.05) is 84.4 Å². The van der Waals surface area contributed by atoms with Crippen LogP contribution in [0.5, 0.6) is 0 Å². The minimum absolute atomic E-state index is 0.0701. The summed E-state index contributed by atoms with van der Waals surface area (Å²) in [4.78, 5) is 56.7. The van der Waals surface area contributed by atoms with Crippen LogP contribution in [-0.2, 0) is 10.2 Å². The largest absolute Gasteiger partial charge is 0.352 e. The van der Waals surface area contributed by atoms with E-state index >= 15 is 0 Å². The standard InChI is InChI=1S/C33H22ClN3O5/c34-24-13-4-2-11-22(24)31(39)28-29(30(38)20-9-7-10-21(18-20)37(41)42)36-26-15-6-1-8-19(26)16-17-27(36)33(28)23-12-3-5-14-25(23)35-32(33)40/h1-18,27-29H,(H,35,40)/t27-,28+,29+,33-/m1/s1. The predicted octanol–water partition coefficient (Wildman–Crippen LogP) is 6.10. The van der Waals surface area contributed by atoms with E-state index in [0.717, 1.165) is 5.56 Å². The summed E-state index contributed by atoms with van der Waals surface area (Å²) in [7, 11) is 0. The topological polar surface area (TPSA) is 110 Å². The highest BCUT2D eigenvalue weighted by Crippen LogP contribution is 2.58. The van der Waals surface area contributed by atoms with Gasteiger partial charge in [0.05, 0.1) is 21.9 Å². The van der Waals surface area contributed by atoms with E-state index in [0.29, 0.717) is 16.9 Å². The van der Waals surface area contributed by atoms with Crippen molar-refractivity contribution >= 4 is 52.2 Å². The van der Waals surface area contributed by atoms with Crippen LogP contribution in [0.15, 0.2) is 103 Å². The van der Waals surface area contributed by atoms with E-state index in [2.05, 4.69) is 5.32 Å². The Balaban J connectivity index is 1.54. The minimum Gasteiger partial charge on any atom is -0.352 e. The van der Waals surface area contributed by atoms with E-state index in [1.54, 1.807) is 42.5 Å². The summed E-state index contributed by atoms with van der Waals surface area (Å²) >= 11 is 6.55. The summed E-state index contributed by atoms with van der Waals surface area (Å²) in [6.07, 6.45) is 3.78. The summed E-state index contributed by atoms with van der Waals surface area (Å²) in [6, 6.07) is 24.8. The molecule has 3 heterocycles. The maximum atomic E-state index is 14.8. The van der Waals surface area contributed by atoms with Crippen molar-refractivity contribution in [3.05, 3.63) is 141 Å². The second-order valence-corrected chi connectivity index (χ2v) is 11.0. The molecule has 3 aliphatic heterocycles. The lowest BCUT2D eigenvalue weighted by atomic mass is 9.64. The fourth-order valence-electron chi connectivity index (χ4n) is 6.89. The number of ketones is 2. The molecule has 0 unspecified atom stereocenters. The summed E-state index contributed by atoms with van der Waals surface area (Å²) in [5.74, 6) is -2.60. The summed E-state index contributed by atoms with van der Waals surface area (Å²) in [6.45, 7) is 0. The lowest BCUT2D eigenvalue weighted by Crippen LogP contribution is -2.51. The first-order chi connectivity index (χ1) is 20.3. The monoisotopic (exact) mass is 575 g/mol. The molecule has 42 heavy (non-hydrogen) atoms. The highest BCUT2D eigenvalue weighted by molar-refractivity contribution is 6.34. The number of para-hydroxylation sites is 2. The quantitative estimate of drug-likeness (QED) is 0.175. The molecule has 4 aromatic rings. The fourth-order valence-corrected chi connectivity index (χ4v) is 7.12. The zero-order valence-corrected chi connectivity index (χ0v) is 22.7. The third-order valence-electron chi connectivity index (χ3n) is 8.57. The molecule has 9 heteroatoms. The van der Waals surface area contributed by atoms with E-state index in [9.17, 15) is 24.5 Å². The molecule has 7 rings (SSSR count). The number of nitrogens with zero attached hydrogens (tertiary/aromatic N) is 2. The Hall–Kier alpha value is -5.08. The Morgan fingerprint density at radius 2 is 1.64 bits per heavy atom. The third kappa shape index (κ3) is 3.51. The number of nitro benzene ring substituents is 1. The predicted molar refractivity (Wildman–Crippen MR) is 159 cm³/mol. The molecule has 0 aliphatic carbocycles. The molecule has 1 amide bonds. The molecule has 8 nitrogen and oxygen atoms in total. The van der Waals surface area contributed by atoms with Crippen LogP contribution >= 0.6 is 11.6 Å². The van der Waals surface area contributed by atoms with Crippen molar-refractivity contribution in [2.45, 2.75) is 17.5 Å². The molecule has 1 N–H and O–H groups in total. The Morgan fingerprint density at radius 3 is 2.45 bits per heavy atom. The summed E-state index contributed by atoms with van der Waals surface area (Å²) < 4.78 is 0. The van der Waals surface area contributed by atoms with Gasteiger partial charge < -0.3 is 10.2 Å². The molecule has 0 saturated carbocycles. The molecule has 4 atom stereocenters. The van der Waals surface area contributed by atoms with Crippen LogP contribution < -0.4 is 10.2 Å². The molecule has 206 valence electrons. The number of amides is 1. The van der Waals surface area contributed by atoms with Crippen molar-refractivity contribution in [1.82, 2.24) is 0 Å². The zero-order chi connectivity index (χ0) is 29.2. The molecule has 4 aromatic carbocycles. The average Bonchev–Trinajstić information content (AvgIpc) is 3.49. The van der Waals surface area contributed by atoms with Gasteiger partial charge in [-0.3, -0.25) is 24.5 Å². The van der Waals surface area contributed by atoms with Crippen molar-refractivity contribution < 1.29 is 19.3 Å². The fraction of sp³-hybridized carbons (Fsp3) is 0.121. The van der Waals surface area contributed by atoms with Gasteiger partial charge in [0.1, 0.15) is 11.5 Å². The van der Waals surface area contributed by atoms with Crippen LogP contribution in [0.3, 0.4) is 0 Å². The molecule has 1 spiro atoms. The number of rotatable bonds is 5. The first-order valence-corrected chi connectivity index (χ1v) is 13.8. The van der Waals surface area contributed by atoms with Gasteiger partial charge in [0.25, 0.3) is 5.69 Å². The normalized spacial score (nSPS) is 23.2. The van der Waals surface area contributed by atoms with Gasteiger partial charge in [-0.15, -0.1) is 0 Å². The summed E-state index contributed by atoms with van der Waals surface area (Å²) in [5.41, 5.74) is 1.18. The maximum absolute atomic E-state index is 14.8. The molecule has 1 fully saturated rings. The first kappa shape index (κ1) is 25.9. The van der Waals surface area contributed by atoms with Gasteiger partial charge in [0, 0.05) is 34.6 Å². The lowest BCUT2D eigenvalue weighted by molar-refractivity contribution is -0.384. The number of non-ortho nitro benzene ring substituents is 1. The number of Topliss-reactive ketones (excluding diaryl/α,β-unsaturated/α-hetero) is 2. The van der Waals surface area contributed by atoms with Crippen molar-refractivity contribution in [2.24, 2.45) is 5.92 Å². The number of fused-ring (bicyclic) bond motifs is 6. The van der Waals surface area contributed by atoms with E-state index in [1.165, 1.54) is 24.3 Å². The van der Waals surface area contributed by atoms with Crippen LogP contribution in [-0.4, -0.2) is 34.5 Å². The molecular weight excluding hydrogens is 554 g/mol. The number of hydrogen-bond donors (Lipinski definition) is 1. The zero-order valence-electron chi connectivity index (χ0n) is 21.9. The van der Waals surface area contributed by atoms with Crippen LogP contribution in [0.2, 0.25) is 5.02 Å². The Morgan fingerprint density at radius 1 is 0.905 bits per heavy atom. The molecule has 1 saturated heterocycles. The van der Waals surface area contributed by atoms with E-state index in [-0.39, 0.29) is 21.8 Å². The van der Waals surface area contributed by atoms with E-state index in [1.807, 2.05) is 47.4 Å². The Bertz CT molecular complexity index is 1870. The molecular formula is C33H22ClN3O5. The summed E-state index contributed by atoms with van der Waals surface area (Å²) in [5, 5.41) is 14.8. The number of carbonyl (C=O) groups is 3. The molecule has 0 aromatic heterocycles. The SMILES string of the molecule is O=C(c1cccc([N+](=O)[O-])c1)[C@@H]1[C@@H](C(=O)c2ccccc2Cl)[C@]2(C(=O)Nc3ccccc32)[C@H]2C=Cc3ccccc3N12. The minimum atomic E-state index is -1.50. The van der Waals surface area contributed by atoms with Gasteiger partial charge in [-0.2, -0.15) is 0 Å². The number of benzene rings is 4. The third-order valence-corrected chi connectivity index (χ3v) is 8.90. The van der Waals surface area contributed by atoms with Gasteiger partial charge in [0.2, 0.25) is 5.91 Å². The second-order valence-electron chi connectivity index (χ2n) is 10.6. The van der Waals surface area contributed by atoms with Crippen LogP contribution in [0, 0.1) is 16.0 Å². The van der Waals surface area contributed by atoms with Gasteiger partial charge in [-0.05, 0) is 35.4 Å². The van der Waals surface area contributed by atoms with Crippen molar-refractivity contribution in [1.29, 1.82) is 0 Å². The molecule has 3 aliphatic rings. The number of hydrogen-bond acceptors (Lipinski definition) is 6. The lowest BCUT2D eigenvalue weighted by Gasteiger charge is -2.37. The maximum Gasteiger partial charge on any atom is 0.270 e. The highest BCUT2D eigenvalue weighted by atomic mass is 35.5. The number of nitrogens with one attached hydrogen (secondary N) is 1. The average molecular weight is 576 g/mol. The number of carbonyl (C=O) groups excluding carboxylic acids is 3. The highest BCUT2D eigenvalue weighted by Gasteiger charge is 2.70. The van der Waals surface area contributed by atoms with Gasteiger partial charge >= 0.3 is 0 Å². The van der Waals surface area contributed by atoms with Crippen molar-refractivity contribution in [3.8, 4) is 0 Å². The van der Waals surface area contributed by atoms with Crippen LogP contribution in [0.1, 0.15) is 31.8 Å². The van der Waals surface area contributed by atoms with E-state index in [4.69, 9.17) is 11.6 Å². The van der Waals surface area contributed by atoms with Gasteiger partial charge in [0.15, 0.2) is 11.6 Å². The van der Waals surface area contributed by atoms with Crippen molar-refractivity contribution in [3.63, 3.8) is 0 Å². The Kier molecular flexibility index (Phi) is 5.85. The molecule has 0 radical (unpaired) electrons. The van der Waals surface area contributed by atoms with Gasteiger partial charge in [-0.25, -0.2) is 0 Å². The van der Waals surface area contributed by atoms with Crippen LogP contribution in [0.25, 0.3) is 6.08 Å². The second kappa shape index (κ2) is 9.49. The van der Waals surface area contributed by atoms with E-state index < -0.39 is 45.8 Å². The number of halogens is 1. The van der Waals surface area contributed by atoms with Crippen LogP contribution in [0.4, 0.5) is 17.1 Å². The number of nitro groups is 1. The van der Waals surface area contributed by atoms with Crippen molar-refractivity contribution in [2.75, 3.05) is 10.2 Å². The smallest absolute Gasteiger partial charge is 0.270 e. The molecule has 0 bridgehead atoms. The Labute approximate surface area is 245 Å².